The zero-order chi connectivity index (χ0) is 21.8. The van der Waals surface area contributed by atoms with Crippen LogP contribution in [0.5, 0.6) is 5.75 Å². The van der Waals surface area contributed by atoms with Gasteiger partial charge in [0.15, 0.2) is 29.6 Å². The van der Waals surface area contributed by atoms with Gasteiger partial charge in [0.1, 0.15) is 11.1 Å². The molecule has 0 aliphatic rings. The van der Waals surface area contributed by atoms with Crippen LogP contribution in [0.15, 0.2) is 36.9 Å². The van der Waals surface area contributed by atoms with Gasteiger partial charge in [-0.3, -0.25) is 0 Å². The van der Waals surface area contributed by atoms with Gasteiger partial charge in [-0.1, -0.05) is 6.08 Å². The van der Waals surface area contributed by atoms with Crippen molar-refractivity contribution in [3.63, 3.8) is 0 Å². The van der Waals surface area contributed by atoms with Crippen molar-refractivity contribution in [2.75, 3.05) is 24.6 Å². The van der Waals surface area contributed by atoms with Crippen molar-refractivity contribution in [2.45, 2.75) is 12.8 Å². The molecule has 2 aromatic carbocycles. The van der Waals surface area contributed by atoms with Crippen LogP contribution in [-0.2, 0) is 4.57 Å². The van der Waals surface area contributed by atoms with E-state index >= 15 is 0 Å². The summed E-state index contributed by atoms with van der Waals surface area (Å²) in [6.07, 6.45) is -1.24. The highest BCUT2D eigenvalue weighted by Crippen LogP contribution is 2.58. The summed E-state index contributed by atoms with van der Waals surface area (Å²) in [6.45, 7) is 4.89. The van der Waals surface area contributed by atoms with Crippen LogP contribution in [0.3, 0.4) is 0 Å². The van der Waals surface area contributed by atoms with Crippen LogP contribution >= 0.6 is 17.9 Å². The normalized spacial score (nSPS) is 13.1. The summed E-state index contributed by atoms with van der Waals surface area (Å²) in [4.78, 5) is 0. The van der Waals surface area contributed by atoms with Gasteiger partial charge < -0.3 is 13.6 Å². The van der Waals surface area contributed by atoms with E-state index in [4.69, 9.17) is 4.74 Å². The lowest BCUT2D eigenvalue weighted by atomic mass is 10.2. The Morgan fingerprint density at radius 1 is 1.03 bits per heavy atom. The van der Waals surface area contributed by atoms with Crippen molar-refractivity contribution in [3.05, 3.63) is 66.0 Å². The predicted octanol–water partition coefficient (Wildman–Crippen LogP) is 6.04. The van der Waals surface area contributed by atoms with E-state index in [9.17, 15) is 26.5 Å². The molecule has 10 heteroatoms. The molecule has 2 aromatic rings. The Hall–Kier alpha value is -1.99. The van der Waals surface area contributed by atoms with E-state index in [1.165, 1.54) is 11.4 Å². The van der Waals surface area contributed by atoms with Crippen molar-refractivity contribution < 1.29 is 31.3 Å². The number of nitrogens with zero attached hydrogens (tertiary/aromatic N) is 1. The molecule has 0 aliphatic heterocycles. The first-order chi connectivity index (χ1) is 13.6. The number of rotatable bonds is 9. The Morgan fingerprint density at radius 2 is 1.55 bits per heavy atom. The molecule has 0 amide bonds. The molecule has 0 fully saturated rings. The lowest BCUT2D eigenvalue weighted by Crippen LogP contribution is -2.23. The second-order valence-corrected chi connectivity index (χ2v) is 11.4. The summed E-state index contributed by atoms with van der Waals surface area (Å²) in [6, 6.07) is 6.54. The Balaban J connectivity index is 2.45. The smallest absolute Gasteiger partial charge is 0.200 e. The largest absolute Gasteiger partial charge is 0.497 e. The fourth-order valence-corrected chi connectivity index (χ4v) is 6.70. The van der Waals surface area contributed by atoms with E-state index in [1.54, 1.807) is 30.3 Å². The highest BCUT2D eigenvalue weighted by Gasteiger charge is 2.36. The molecule has 0 saturated heterocycles. The molecule has 0 bridgehead atoms. The average molecular weight is 451 g/mol. The molecule has 29 heavy (non-hydrogen) atoms. The fraction of sp³-hybridized carbons (Fsp3) is 0.263. The molecule has 2 rings (SSSR count). The molecule has 0 saturated carbocycles. The zero-order valence-corrected chi connectivity index (χ0v) is 17.4. The van der Waals surface area contributed by atoms with Gasteiger partial charge in [-0.15, -0.1) is 6.58 Å². The maximum atomic E-state index is 14.2. The highest BCUT2D eigenvalue weighted by atomic mass is 32.7. The number of hydrogen-bond acceptors (Lipinski definition) is 4. The van der Waals surface area contributed by atoms with Crippen molar-refractivity contribution >= 4 is 28.9 Å². The van der Waals surface area contributed by atoms with Gasteiger partial charge in [0.2, 0.25) is 5.82 Å². The number of anilines is 1. The third kappa shape index (κ3) is 5.14. The molecular formula is C19H19F5NO2PS. The van der Waals surface area contributed by atoms with Crippen LogP contribution in [0.4, 0.5) is 27.6 Å². The number of unbranched alkanes of at least 4 members (excludes halogenated alkanes) is 1. The summed E-state index contributed by atoms with van der Waals surface area (Å²) < 4.78 is 88.7. The minimum Gasteiger partial charge on any atom is -0.497 e. The summed E-state index contributed by atoms with van der Waals surface area (Å²) in [5.74, 6) is -10.1. The average Bonchev–Trinajstić information content (AvgIpc) is 2.70. The maximum absolute atomic E-state index is 14.2. The quantitative estimate of drug-likeness (QED) is 0.0884. The molecule has 0 aliphatic carbocycles. The van der Waals surface area contributed by atoms with Crippen LogP contribution in [0, 0.1) is 29.1 Å². The first kappa shape index (κ1) is 23.3. The summed E-state index contributed by atoms with van der Waals surface area (Å²) in [7, 11) is 1.48. The standard InChI is InChI=1S/C19H19F5NO2PS/c1-4-5-6-11-25(12-7-9-13(27-2)10-8-12)29-28(3,26)19-17(23)15(21)14(20)16(22)18(19)24/h4,7-10H,1,5-6,11H2,2-3H3. The summed E-state index contributed by atoms with van der Waals surface area (Å²) >= 11 is 0.547. The molecule has 0 N–H and O–H groups in total. The minimum absolute atomic E-state index is 0.302. The third-order valence-corrected chi connectivity index (χ3v) is 8.16. The summed E-state index contributed by atoms with van der Waals surface area (Å²) in [5.41, 5.74) is 0.533. The minimum atomic E-state index is -4.09. The lowest BCUT2D eigenvalue weighted by Gasteiger charge is -2.27. The first-order valence-electron chi connectivity index (χ1n) is 8.45. The Morgan fingerprint density at radius 3 is 2.03 bits per heavy atom. The Kier molecular flexibility index (Phi) is 7.77. The van der Waals surface area contributed by atoms with E-state index in [-0.39, 0.29) is 0 Å². The lowest BCUT2D eigenvalue weighted by molar-refractivity contribution is 0.384. The molecule has 0 radical (unpaired) electrons. The Bertz CT molecular complexity index is 910. The van der Waals surface area contributed by atoms with Gasteiger partial charge in [-0.05, 0) is 37.1 Å². The van der Waals surface area contributed by atoms with Gasteiger partial charge in [0, 0.05) is 30.5 Å². The van der Waals surface area contributed by atoms with Crippen molar-refractivity contribution in [1.29, 1.82) is 0 Å². The summed E-state index contributed by atoms with van der Waals surface area (Å²) in [5, 5.41) is -1.30. The van der Waals surface area contributed by atoms with Crippen LogP contribution in [0.1, 0.15) is 12.8 Å². The van der Waals surface area contributed by atoms with Gasteiger partial charge in [-0.25, -0.2) is 22.0 Å². The second-order valence-electron chi connectivity index (χ2n) is 6.08. The van der Waals surface area contributed by atoms with Crippen LogP contribution in [0.2, 0.25) is 0 Å². The van der Waals surface area contributed by atoms with E-state index < -0.39 is 40.7 Å². The third-order valence-electron chi connectivity index (χ3n) is 3.98. The van der Waals surface area contributed by atoms with Crippen molar-refractivity contribution in [2.24, 2.45) is 0 Å². The molecule has 1 unspecified atom stereocenters. The van der Waals surface area contributed by atoms with E-state index in [0.29, 0.717) is 42.4 Å². The maximum Gasteiger partial charge on any atom is 0.200 e. The number of benzene rings is 2. The Labute approximate surface area is 169 Å². The number of ether oxygens (including phenoxy) is 1. The second kappa shape index (κ2) is 9.67. The number of hydrogen-bond donors (Lipinski definition) is 0. The van der Waals surface area contributed by atoms with E-state index in [2.05, 4.69) is 6.58 Å². The van der Waals surface area contributed by atoms with Gasteiger partial charge in [0.25, 0.3) is 0 Å². The van der Waals surface area contributed by atoms with Gasteiger partial charge in [-0.2, -0.15) is 0 Å². The van der Waals surface area contributed by atoms with E-state index in [0.717, 1.165) is 6.66 Å². The molecule has 158 valence electrons. The molecule has 0 heterocycles. The first-order valence-corrected chi connectivity index (χ1v) is 12.0. The SMILES string of the molecule is C=CCCCN(SP(C)(=O)c1c(F)c(F)c(F)c(F)c1F)c1ccc(OC)cc1. The highest BCUT2D eigenvalue weighted by molar-refractivity contribution is 8.60. The fourth-order valence-electron chi connectivity index (χ4n) is 2.52. The van der Waals surface area contributed by atoms with Gasteiger partial charge >= 0.3 is 0 Å². The topological polar surface area (TPSA) is 29.5 Å². The molecule has 1 atom stereocenters. The van der Waals surface area contributed by atoms with E-state index in [1.807, 2.05) is 0 Å². The van der Waals surface area contributed by atoms with Gasteiger partial charge in [0.05, 0.1) is 7.11 Å². The monoisotopic (exact) mass is 451 g/mol. The predicted molar refractivity (Wildman–Crippen MR) is 107 cm³/mol. The number of allylic oxidation sites excluding steroid dienone is 1. The molecule has 3 nitrogen and oxygen atoms in total. The molecular weight excluding hydrogens is 432 g/mol. The van der Waals surface area contributed by atoms with Crippen molar-refractivity contribution in [3.8, 4) is 5.75 Å². The van der Waals surface area contributed by atoms with Crippen molar-refractivity contribution in [1.82, 2.24) is 0 Å². The molecule has 0 aromatic heterocycles. The number of halogens is 5. The van der Waals surface area contributed by atoms with Crippen LogP contribution in [0.25, 0.3) is 0 Å². The molecule has 0 spiro atoms. The zero-order valence-electron chi connectivity index (χ0n) is 15.7. The van der Waals surface area contributed by atoms with Crippen LogP contribution in [-0.4, -0.2) is 20.3 Å². The van der Waals surface area contributed by atoms with Crippen LogP contribution < -0.4 is 14.3 Å². The number of methoxy groups -OCH3 is 1.